The predicted molar refractivity (Wildman–Crippen MR) is 395 cm³/mol. The van der Waals surface area contributed by atoms with E-state index < -0.39 is 144 Å². The van der Waals surface area contributed by atoms with E-state index in [-0.39, 0.29) is 139 Å². The Labute approximate surface area is 641 Å². The van der Waals surface area contributed by atoms with Crippen molar-refractivity contribution in [1.29, 1.82) is 0 Å². The molecular formula is C75H112N12O23. The van der Waals surface area contributed by atoms with Crippen LogP contribution in [-0.2, 0) is 102 Å². The van der Waals surface area contributed by atoms with Crippen LogP contribution in [-0.4, -0.2) is 292 Å². The monoisotopic (exact) mass is 1550 g/mol. The minimum Gasteiger partial charge on any atom is -0.508 e. The number of piperidine rings is 1. The zero-order chi connectivity index (χ0) is 82.1. The first-order chi connectivity index (χ1) is 51.4. The van der Waals surface area contributed by atoms with Crippen molar-refractivity contribution in [3.8, 4) is 28.6 Å². The second-order valence-electron chi connectivity index (χ2n) is 30.4. The highest BCUT2D eigenvalue weighted by Gasteiger charge is 2.47. The fourth-order valence-corrected chi connectivity index (χ4v) is 12.2. The number of likely N-dealkylation sites (tertiary alicyclic amines) is 1. The minimum atomic E-state index is -2.27. The number of rotatable bonds is 31. The van der Waals surface area contributed by atoms with Gasteiger partial charge in [-0.3, -0.25) is 86.5 Å². The number of aromatic hydroxyl groups is 2. The van der Waals surface area contributed by atoms with Gasteiger partial charge in [0.1, 0.15) is 41.0 Å². The highest BCUT2D eigenvalue weighted by molar-refractivity contribution is 5.93. The molecule has 35 heteroatoms. The molecule has 0 unspecified atom stereocenters. The number of hydrogen-bond acceptors (Lipinski definition) is 29. The summed E-state index contributed by atoms with van der Waals surface area (Å²) in [6.45, 7) is 25.3. The summed E-state index contributed by atoms with van der Waals surface area (Å²) in [5, 5.41) is 40.7. The molecule has 2 aromatic carbocycles. The summed E-state index contributed by atoms with van der Waals surface area (Å²) in [4.78, 5) is 183. The van der Waals surface area contributed by atoms with Crippen LogP contribution < -0.4 is 21.3 Å². The average Bonchev–Trinajstić information content (AvgIpc) is 1.59. The highest BCUT2D eigenvalue weighted by atomic mass is 16.6. The van der Waals surface area contributed by atoms with Gasteiger partial charge in [-0.25, -0.2) is 0 Å². The lowest BCUT2D eigenvalue weighted by atomic mass is 9.90. The van der Waals surface area contributed by atoms with Crippen LogP contribution in [0.25, 0.3) is 17.1 Å². The maximum absolute atomic E-state index is 15.0. The zero-order valence-corrected chi connectivity index (χ0v) is 66.4. The first-order valence-electron chi connectivity index (χ1n) is 36.8. The molecule has 2 fully saturated rings. The number of aromatic nitrogens is 3. The van der Waals surface area contributed by atoms with Crippen LogP contribution in [0.5, 0.6) is 11.5 Å². The summed E-state index contributed by atoms with van der Waals surface area (Å²) in [7, 11) is 0. The van der Waals surface area contributed by atoms with Crippen molar-refractivity contribution >= 4 is 77.3 Å². The van der Waals surface area contributed by atoms with Gasteiger partial charge in [-0.2, -0.15) is 0 Å². The zero-order valence-electron chi connectivity index (χ0n) is 66.4. The highest BCUT2D eigenvalue weighted by Crippen LogP contribution is 2.38. The van der Waals surface area contributed by atoms with Crippen molar-refractivity contribution < 1.29 is 110 Å². The molecule has 2 aliphatic rings. The van der Waals surface area contributed by atoms with Crippen LogP contribution in [0.3, 0.4) is 0 Å². The van der Waals surface area contributed by atoms with E-state index in [0.29, 0.717) is 30.5 Å². The summed E-state index contributed by atoms with van der Waals surface area (Å²) >= 11 is 0. The largest absolute Gasteiger partial charge is 0.508 e. The van der Waals surface area contributed by atoms with E-state index in [1.165, 1.54) is 15.5 Å². The molecule has 5 rings (SSSR count). The quantitative estimate of drug-likeness (QED) is 0.0397. The van der Waals surface area contributed by atoms with E-state index in [9.17, 15) is 72.5 Å². The van der Waals surface area contributed by atoms with Crippen LogP contribution in [0, 0.1) is 5.92 Å². The Morgan fingerprint density at radius 1 is 0.545 bits per heavy atom. The Kier molecular flexibility index (Phi) is 34.5. The second-order valence-corrected chi connectivity index (χ2v) is 30.4. The number of ether oxygens (including phenoxy) is 8. The smallest absolute Gasteiger partial charge is 0.320 e. The molecule has 0 spiro atoms. The van der Waals surface area contributed by atoms with Gasteiger partial charge in [-0.15, -0.1) is 10.2 Å². The Morgan fingerprint density at radius 2 is 1.02 bits per heavy atom. The molecular weight excluding hydrogens is 1440 g/mol. The molecule has 2 saturated heterocycles. The SMILES string of the molecule is CCNC(=O)c1nnc(-c2cc(C(C)C)c(O)cc2O)n1-c1ccc(CC2CCN(C(=O)[C@H](CNC(=O)[C@H](OC(C)=O)[C@@H](OC(C)=O)[C@H](OC(C)=O)[C@@H](COC(C)=O)OC(C)=O)NC(=O)CNC(=O)CN3CCN(CC(=O)OC(C)(C)C)CCN(CC(=O)OC(C)(C)C)CCN(CC(=O)OC(C)(C)C)CC3)CC2)cc1. The summed E-state index contributed by atoms with van der Waals surface area (Å²) in [5.74, 6) is -11.3. The van der Waals surface area contributed by atoms with Gasteiger partial charge in [0.05, 0.1) is 38.3 Å². The number of benzene rings is 2. The maximum Gasteiger partial charge on any atom is 0.320 e. The van der Waals surface area contributed by atoms with E-state index in [1.54, 1.807) is 92.3 Å². The molecule has 1 aromatic heterocycles. The molecule has 0 radical (unpaired) electrons. The lowest BCUT2D eigenvalue weighted by Gasteiger charge is -2.36. The standard InChI is InChI=1S/C75H112N12O23/c1-18-76-71(101)69-81-80-68(55-36-54(45(2)3)57(93)37-58(55)94)87(69)53-21-19-51(20-22-53)35-52-23-25-86(26-24-52)72(102)56(38-78-70(100)67(107-50(8)92)66(106-49(7)91)65(105-48(6)90)59(104-47(5)89)44-103-46(4)88)79-60(95)39-77-61(96)40-82-27-29-83(41-62(97)108-73(9,10)11)31-33-85(43-64(99)110-75(15,16)17)34-32-84(30-28-82)42-63(98)109-74(12,13)14/h19-22,36-37,45,52,56,59,65-67,93-94H,18,23-35,38-44H2,1-17H3,(H,76,101)(H,77,96)(H,78,100)(H,79,95)/t56-,59+,65+,66-,67+/m0/s1. The van der Waals surface area contributed by atoms with Crippen molar-refractivity contribution in [3.05, 3.63) is 53.3 Å². The number of phenolic OH excluding ortho intramolecular Hbond substituents is 2. The molecule has 610 valence electrons. The lowest BCUT2D eigenvalue weighted by molar-refractivity contribution is -0.203. The van der Waals surface area contributed by atoms with Gasteiger partial charge < -0.3 is 74.3 Å². The van der Waals surface area contributed by atoms with Crippen molar-refractivity contribution in [2.75, 3.05) is 118 Å². The molecule has 2 aliphatic heterocycles. The lowest BCUT2D eigenvalue weighted by Crippen LogP contribution is -2.60. The molecule has 110 heavy (non-hydrogen) atoms. The topological polar surface area (TPSA) is 431 Å². The van der Waals surface area contributed by atoms with Gasteiger partial charge in [0, 0.05) is 125 Å². The van der Waals surface area contributed by atoms with E-state index in [0.717, 1.165) is 40.2 Å². The number of carbonyl (C=O) groups excluding carboxylic acids is 13. The number of nitrogens with one attached hydrogen (secondary N) is 4. The van der Waals surface area contributed by atoms with Crippen molar-refractivity contribution in [2.45, 2.75) is 190 Å². The molecule has 3 heterocycles. The van der Waals surface area contributed by atoms with Crippen molar-refractivity contribution in [1.82, 2.24) is 60.5 Å². The molecule has 0 aliphatic carbocycles. The van der Waals surface area contributed by atoms with E-state index in [2.05, 4.69) is 31.5 Å². The van der Waals surface area contributed by atoms with Gasteiger partial charge in [0.2, 0.25) is 29.6 Å². The Hall–Kier alpha value is -9.87. The van der Waals surface area contributed by atoms with E-state index in [1.807, 2.05) is 40.7 Å². The molecule has 5 amide bonds. The van der Waals surface area contributed by atoms with Gasteiger partial charge in [-0.1, -0.05) is 26.0 Å². The van der Waals surface area contributed by atoms with E-state index >= 15 is 0 Å². The van der Waals surface area contributed by atoms with Crippen molar-refractivity contribution in [3.63, 3.8) is 0 Å². The second kappa shape index (κ2) is 41.8. The Bertz CT molecular complexity index is 3660. The first kappa shape index (κ1) is 90.7. The number of amides is 5. The summed E-state index contributed by atoms with van der Waals surface area (Å²) < 4.78 is 45.3. The molecule has 0 bridgehead atoms. The molecule has 5 atom stereocenters. The molecule has 0 saturated carbocycles. The Morgan fingerprint density at radius 3 is 1.46 bits per heavy atom. The number of hydrogen-bond donors (Lipinski definition) is 6. The predicted octanol–water partition coefficient (Wildman–Crippen LogP) is 2.25. The molecule has 3 aromatic rings. The summed E-state index contributed by atoms with van der Waals surface area (Å²) in [5.41, 5.74) is -0.272. The van der Waals surface area contributed by atoms with Crippen molar-refractivity contribution in [2.24, 2.45) is 5.92 Å². The third-order valence-electron chi connectivity index (χ3n) is 16.9. The van der Waals surface area contributed by atoms with Gasteiger partial charge in [0.25, 0.3) is 11.8 Å². The van der Waals surface area contributed by atoms with E-state index in [4.69, 9.17) is 37.9 Å². The Balaban J connectivity index is 1.44. The summed E-state index contributed by atoms with van der Waals surface area (Å²) in [6, 6.07) is 8.42. The third kappa shape index (κ3) is 31.2. The average molecular weight is 1550 g/mol. The number of nitrogens with zero attached hydrogens (tertiary/aromatic N) is 8. The minimum absolute atomic E-state index is 0.0178. The molecule has 35 nitrogen and oxygen atoms in total. The fourth-order valence-electron chi connectivity index (χ4n) is 12.2. The normalized spacial score (nSPS) is 16.2. The van der Waals surface area contributed by atoms with Crippen LogP contribution in [0.15, 0.2) is 36.4 Å². The van der Waals surface area contributed by atoms with Crippen LogP contribution in [0.1, 0.15) is 158 Å². The van der Waals surface area contributed by atoms with Gasteiger partial charge in [0.15, 0.2) is 24.1 Å². The van der Waals surface area contributed by atoms with Crippen LogP contribution in [0.4, 0.5) is 0 Å². The van der Waals surface area contributed by atoms with Crippen LogP contribution in [0.2, 0.25) is 0 Å². The number of phenols is 2. The van der Waals surface area contributed by atoms with Gasteiger partial charge in [-0.05, 0) is 130 Å². The fraction of sp³-hybridized carbons (Fsp3) is 0.640. The maximum atomic E-state index is 15.0. The number of carbonyl (C=O) groups is 13. The third-order valence-corrected chi connectivity index (χ3v) is 16.9. The molecule has 6 N–H and O–H groups in total. The summed E-state index contributed by atoms with van der Waals surface area (Å²) in [6.07, 6.45) is -6.83. The first-order valence-corrected chi connectivity index (χ1v) is 36.8. The van der Waals surface area contributed by atoms with Gasteiger partial charge >= 0.3 is 47.8 Å². The number of esters is 8. The van der Waals surface area contributed by atoms with Crippen LogP contribution >= 0.6 is 0 Å².